The number of alkyl halides is 7. The molecule has 51 heavy (non-hydrogen) atoms. The van der Waals surface area contributed by atoms with Crippen LogP contribution in [0.3, 0.4) is 0 Å². The van der Waals surface area contributed by atoms with Gasteiger partial charge in [-0.1, -0.05) is 60.7 Å². The van der Waals surface area contributed by atoms with Gasteiger partial charge in [0.25, 0.3) is 0 Å². The second kappa shape index (κ2) is 14.6. The molecule has 2 saturated heterocycles. The Labute approximate surface area is 288 Å². The first-order valence-electron chi connectivity index (χ1n) is 16.3. The standard InChI is InChI=1S/C35H36F7N5O4/c1-49-14-15-50-22-47-31(43-44-45-47)32(36)21-33(25-10-6-3-7-11-25)30(13-12-29(32)46(33)19-23-8-4-2-5-9-23)51-28(20-48)24-16-26(34(37,38)39)18-27(17-24)35(40,41)42/h2-11,16-18,28-30,48H,12-15,19-22H2,1H3/t28-,29-,30+,32-,33+/m0/s1. The maximum absolute atomic E-state index is 18.2. The first-order valence-corrected chi connectivity index (χ1v) is 16.3. The number of aromatic nitrogens is 4. The molecular formula is C35H36F7N5O4. The van der Waals surface area contributed by atoms with Crippen LogP contribution in [-0.4, -0.2) is 69.3 Å². The third-order valence-corrected chi connectivity index (χ3v) is 9.67. The van der Waals surface area contributed by atoms with Crippen LogP contribution in [0.4, 0.5) is 30.7 Å². The maximum atomic E-state index is 18.2. The Bertz CT molecular complexity index is 1730. The zero-order valence-corrected chi connectivity index (χ0v) is 27.4. The molecule has 1 aromatic heterocycles. The third kappa shape index (κ3) is 7.24. The average Bonchev–Trinajstić information content (AvgIpc) is 3.65. The normalized spacial score (nSPS) is 24.6. The molecule has 2 aliphatic heterocycles. The summed E-state index contributed by atoms with van der Waals surface area (Å²) in [5.74, 6) is -0.104. The van der Waals surface area contributed by atoms with Gasteiger partial charge < -0.3 is 19.3 Å². The molecule has 274 valence electrons. The van der Waals surface area contributed by atoms with E-state index in [0.717, 1.165) is 5.56 Å². The van der Waals surface area contributed by atoms with Gasteiger partial charge in [0.05, 0.1) is 48.6 Å². The van der Waals surface area contributed by atoms with E-state index in [-0.39, 0.29) is 57.6 Å². The lowest BCUT2D eigenvalue weighted by Gasteiger charge is -2.50. The number of nitrogens with zero attached hydrogens (tertiary/aromatic N) is 5. The van der Waals surface area contributed by atoms with Crippen LogP contribution in [0.15, 0.2) is 78.9 Å². The zero-order valence-electron chi connectivity index (χ0n) is 27.4. The Hall–Kier alpha value is -3.96. The van der Waals surface area contributed by atoms with E-state index in [1.54, 1.807) is 30.3 Å². The van der Waals surface area contributed by atoms with E-state index >= 15 is 4.39 Å². The van der Waals surface area contributed by atoms with Crippen LogP contribution >= 0.6 is 0 Å². The summed E-state index contributed by atoms with van der Waals surface area (Å²) < 4.78 is 120. The van der Waals surface area contributed by atoms with Gasteiger partial charge in [0, 0.05) is 20.1 Å². The molecule has 3 aromatic carbocycles. The topological polar surface area (TPSA) is 94.8 Å². The van der Waals surface area contributed by atoms with Crippen LogP contribution in [0.1, 0.15) is 59.0 Å². The number of aliphatic hydroxyl groups excluding tert-OH is 1. The first kappa shape index (κ1) is 36.8. The summed E-state index contributed by atoms with van der Waals surface area (Å²) in [6, 6.07) is 18.3. The molecule has 2 fully saturated rings. The van der Waals surface area contributed by atoms with E-state index in [1.165, 1.54) is 11.8 Å². The molecule has 2 aliphatic rings. The predicted octanol–water partition coefficient (Wildman–Crippen LogP) is 6.58. The van der Waals surface area contributed by atoms with Crippen molar-refractivity contribution in [2.24, 2.45) is 0 Å². The molecule has 0 aliphatic carbocycles. The number of hydrogen-bond acceptors (Lipinski definition) is 8. The highest BCUT2D eigenvalue weighted by Crippen LogP contribution is 2.61. The Morgan fingerprint density at radius 3 is 2.16 bits per heavy atom. The van der Waals surface area contributed by atoms with E-state index < -0.39 is 65.1 Å². The lowest BCUT2D eigenvalue weighted by molar-refractivity contribution is -0.147. The highest BCUT2D eigenvalue weighted by molar-refractivity contribution is 5.37. The number of piperidine rings is 1. The van der Waals surface area contributed by atoms with Crippen LogP contribution in [0.2, 0.25) is 0 Å². The van der Waals surface area contributed by atoms with E-state index in [1.807, 2.05) is 35.2 Å². The Morgan fingerprint density at radius 2 is 1.55 bits per heavy atom. The molecule has 5 atom stereocenters. The van der Waals surface area contributed by atoms with E-state index in [4.69, 9.17) is 14.2 Å². The second-order valence-electron chi connectivity index (χ2n) is 12.7. The largest absolute Gasteiger partial charge is 0.416 e. The van der Waals surface area contributed by atoms with Crippen molar-refractivity contribution < 1.29 is 50.1 Å². The minimum Gasteiger partial charge on any atom is -0.393 e. The summed E-state index contributed by atoms with van der Waals surface area (Å²) in [5, 5.41) is 22.3. The SMILES string of the molecule is COCCOCn1nnnc1[C@]1(F)C[C@@]2(c3ccccc3)[C@H](O[C@@H](CO)c3cc(C(F)(F)F)cc(C(F)(F)F)c3)CC[C@@H]1N2Cc1ccccc1. The van der Waals surface area contributed by atoms with E-state index in [0.29, 0.717) is 17.7 Å². The fraction of sp³-hybridized carbons (Fsp3) is 0.457. The van der Waals surface area contributed by atoms with Crippen molar-refractivity contribution in [1.29, 1.82) is 0 Å². The number of fused-ring (bicyclic) bond motifs is 2. The summed E-state index contributed by atoms with van der Waals surface area (Å²) in [4.78, 5) is 1.93. The van der Waals surface area contributed by atoms with Crippen LogP contribution in [-0.2, 0) is 51.0 Å². The number of methoxy groups -OCH3 is 1. The first-order chi connectivity index (χ1) is 24.3. The lowest BCUT2D eigenvalue weighted by atomic mass is 9.77. The van der Waals surface area contributed by atoms with Gasteiger partial charge in [0.15, 0.2) is 11.5 Å². The van der Waals surface area contributed by atoms with Crippen molar-refractivity contribution in [1.82, 2.24) is 25.1 Å². The van der Waals surface area contributed by atoms with Crippen LogP contribution < -0.4 is 0 Å². The van der Waals surface area contributed by atoms with Gasteiger partial charge in [-0.3, -0.25) is 4.90 Å². The molecule has 0 radical (unpaired) electrons. The van der Waals surface area contributed by atoms with Gasteiger partial charge in [-0.05, 0) is 58.2 Å². The molecule has 3 heterocycles. The van der Waals surface area contributed by atoms with Crippen LogP contribution in [0, 0.1) is 0 Å². The van der Waals surface area contributed by atoms with Gasteiger partial charge in [-0.25, -0.2) is 9.07 Å². The van der Waals surface area contributed by atoms with Gasteiger partial charge in [0.2, 0.25) is 0 Å². The van der Waals surface area contributed by atoms with Crippen molar-refractivity contribution in [2.45, 2.75) is 74.3 Å². The summed E-state index contributed by atoms with van der Waals surface area (Å²) in [7, 11) is 1.51. The number of ether oxygens (including phenoxy) is 3. The lowest BCUT2D eigenvalue weighted by Crippen LogP contribution is -2.57. The number of tetrazole rings is 1. The zero-order chi connectivity index (χ0) is 36.4. The number of hydrogen-bond donors (Lipinski definition) is 1. The van der Waals surface area contributed by atoms with Gasteiger partial charge in [-0.15, -0.1) is 5.10 Å². The summed E-state index contributed by atoms with van der Waals surface area (Å²) >= 11 is 0. The fourth-order valence-electron chi connectivity index (χ4n) is 7.46. The molecule has 0 unspecified atom stereocenters. The molecule has 9 nitrogen and oxygen atoms in total. The van der Waals surface area contributed by atoms with Crippen molar-refractivity contribution >= 4 is 0 Å². The van der Waals surface area contributed by atoms with E-state index in [9.17, 15) is 31.4 Å². The van der Waals surface area contributed by atoms with Gasteiger partial charge >= 0.3 is 12.4 Å². The van der Waals surface area contributed by atoms with Crippen molar-refractivity contribution in [3.05, 3.63) is 113 Å². The molecular weight excluding hydrogens is 687 g/mol. The molecule has 2 bridgehead atoms. The maximum Gasteiger partial charge on any atom is 0.416 e. The molecule has 6 rings (SSSR count). The molecule has 0 spiro atoms. The second-order valence-corrected chi connectivity index (χ2v) is 12.7. The Morgan fingerprint density at radius 1 is 0.902 bits per heavy atom. The number of aliphatic hydroxyl groups is 1. The molecule has 4 aromatic rings. The minimum absolute atomic E-state index is 0.0216. The number of halogens is 7. The Kier molecular flexibility index (Phi) is 10.5. The summed E-state index contributed by atoms with van der Waals surface area (Å²) in [6.45, 7) is -0.450. The highest BCUT2D eigenvalue weighted by atomic mass is 19.4. The molecule has 0 amide bonds. The number of rotatable bonds is 13. The minimum atomic E-state index is -5.11. The van der Waals surface area contributed by atoms with Crippen molar-refractivity contribution in [3.8, 4) is 0 Å². The summed E-state index contributed by atoms with van der Waals surface area (Å²) in [5.41, 5.74) is -5.75. The fourth-order valence-corrected chi connectivity index (χ4v) is 7.46. The molecule has 16 heteroatoms. The van der Waals surface area contributed by atoms with E-state index in [2.05, 4.69) is 15.5 Å². The quantitative estimate of drug-likeness (QED) is 0.122. The molecule has 0 saturated carbocycles. The van der Waals surface area contributed by atoms with Gasteiger partial charge in [-0.2, -0.15) is 26.3 Å². The Balaban J connectivity index is 1.47. The monoisotopic (exact) mass is 723 g/mol. The number of benzene rings is 3. The predicted molar refractivity (Wildman–Crippen MR) is 167 cm³/mol. The molecule has 1 N–H and O–H groups in total. The summed E-state index contributed by atoms with van der Waals surface area (Å²) in [6.07, 6.45) is -12.9. The van der Waals surface area contributed by atoms with Crippen LogP contribution in [0.5, 0.6) is 0 Å². The highest BCUT2D eigenvalue weighted by Gasteiger charge is 2.69. The van der Waals surface area contributed by atoms with Crippen LogP contribution in [0.25, 0.3) is 0 Å². The third-order valence-electron chi connectivity index (χ3n) is 9.67. The average molecular weight is 724 g/mol. The van der Waals surface area contributed by atoms with Crippen molar-refractivity contribution in [2.75, 3.05) is 26.9 Å². The van der Waals surface area contributed by atoms with Crippen molar-refractivity contribution in [3.63, 3.8) is 0 Å². The smallest absolute Gasteiger partial charge is 0.393 e. The van der Waals surface area contributed by atoms with Gasteiger partial charge in [0.1, 0.15) is 12.8 Å².